The van der Waals surface area contributed by atoms with Crippen LogP contribution < -0.4 is 10.6 Å². The van der Waals surface area contributed by atoms with E-state index in [1.54, 1.807) is 6.20 Å². The Hall–Kier alpha value is -2.61. The third kappa shape index (κ3) is 8.08. The van der Waals surface area contributed by atoms with Crippen molar-refractivity contribution in [2.24, 2.45) is 0 Å². The largest absolute Gasteiger partial charge is 0.444 e. The molecule has 7 nitrogen and oxygen atoms in total. The van der Waals surface area contributed by atoms with E-state index in [1.165, 1.54) is 13.3 Å². The fourth-order valence-electron chi connectivity index (χ4n) is 2.37. The number of oxazole rings is 1. The molecule has 0 spiro atoms. The normalized spacial score (nSPS) is 10.4. The maximum atomic E-state index is 12.0. The number of benzene rings is 1. The quantitative estimate of drug-likeness (QED) is 0.605. The van der Waals surface area contributed by atoms with Crippen LogP contribution in [0.5, 0.6) is 0 Å². The molecular formula is C19H23N3O4S. The molecule has 1 aromatic carbocycles. The van der Waals surface area contributed by atoms with Gasteiger partial charge in [-0.1, -0.05) is 30.3 Å². The number of amides is 2. The van der Waals surface area contributed by atoms with Gasteiger partial charge in [-0.25, -0.2) is 4.98 Å². The first kappa shape index (κ1) is 20.7. The average molecular weight is 389 g/mol. The molecule has 0 atom stereocenters. The zero-order valence-electron chi connectivity index (χ0n) is 15.2. The highest BCUT2D eigenvalue weighted by atomic mass is 32.2. The number of anilines is 1. The monoisotopic (exact) mass is 389 g/mol. The lowest BCUT2D eigenvalue weighted by Gasteiger charge is -2.07. The maximum Gasteiger partial charge on any atom is 0.230 e. The number of nitrogens with zero attached hydrogens (tertiary/aromatic N) is 1. The number of rotatable bonds is 10. The van der Waals surface area contributed by atoms with Crippen molar-refractivity contribution in [3.8, 4) is 11.3 Å². The minimum Gasteiger partial charge on any atom is -0.444 e. The van der Waals surface area contributed by atoms with E-state index in [-0.39, 0.29) is 22.7 Å². The lowest BCUT2D eigenvalue weighted by molar-refractivity contribution is -0.119. The zero-order valence-corrected chi connectivity index (χ0v) is 16.0. The van der Waals surface area contributed by atoms with Crippen LogP contribution >= 0.6 is 11.8 Å². The molecule has 0 saturated heterocycles. The first-order valence-electron chi connectivity index (χ1n) is 8.73. The molecule has 2 amide bonds. The number of carbonyl (C=O) groups is 3. The van der Waals surface area contributed by atoms with Crippen LogP contribution in [0.25, 0.3) is 11.3 Å². The Morgan fingerprint density at radius 3 is 2.74 bits per heavy atom. The van der Waals surface area contributed by atoms with Gasteiger partial charge in [-0.3, -0.25) is 14.4 Å². The molecule has 0 aliphatic rings. The fraction of sp³-hybridized carbons (Fsp3) is 0.368. The Bertz CT molecular complexity index is 762. The number of hydrogen-bond donors (Lipinski definition) is 2. The van der Waals surface area contributed by atoms with E-state index >= 15 is 0 Å². The van der Waals surface area contributed by atoms with E-state index in [0.717, 1.165) is 36.6 Å². The molecule has 144 valence electrons. The molecule has 2 N–H and O–H groups in total. The average Bonchev–Trinajstić information content (AvgIpc) is 3.18. The zero-order chi connectivity index (χ0) is 19.5. The smallest absolute Gasteiger partial charge is 0.230 e. The molecule has 0 fully saturated rings. The lowest BCUT2D eigenvalue weighted by atomic mass is 10.1. The number of nitrogens with one attached hydrogen (secondary N) is 2. The van der Waals surface area contributed by atoms with Crippen LogP contribution in [0.15, 0.2) is 41.3 Å². The molecule has 8 heteroatoms. The van der Waals surface area contributed by atoms with Gasteiger partial charge in [0.1, 0.15) is 0 Å². The summed E-state index contributed by atoms with van der Waals surface area (Å²) in [5, 5.41) is 5.57. The standard InChI is InChI=1S/C19H23N3O4S/c1-14(23)27-12-19(25)21-9-4-2-3-8-18(24)22-16-7-5-6-15(10-16)17-11-20-13-26-17/h5-7,10-11,13H,2-4,8-9,12H2,1H3,(H,21,25)(H,22,24). The van der Waals surface area contributed by atoms with Gasteiger partial charge in [0.05, 0.1) is 11.9 Å². The predicted octanol–water partition coefficient (Wildman–Crippen LogP) is 3.24. The van der Waals surface area contributed by atoms with E-state index < -0.39 is 0 Å². The highest BCUT2D eigenvalue weighted by molar-refractivity contribution is 8.14. The number of hydrogen-bond acceptors (Lipinski definition) is 6. The third-order valence-electron chi connectivity index (χ3n) is 3.67. The first-order chi connectivity index (χ1) is 13.0. The summed E-state index contributed by atoms with van der Waals surface area (Å²) in [7, 11) is 0. The molecule has 1 aromatic heterocycles. The molecule has 27 heavy (non-hydrogen) atoms. The fourth-order valence-corrected chi connectivity index (χ4v) is 2.80. The Morgan fingerprint density at radius 1 is 1.15 bits per heavy atom. The highest BCUT2D eigenvalue weighted by Gasteiger charge is 2.06. The summed E-state index contributed by atoms with van der Waals surface area (Å²) in [6.45, 7) is 1.99. The first-order valence-corrected chi connectivity index (χ1v) is 9.72. The minimum absolute atomic E-state index is 0.0494. The second-order valence-corrected chi connectivity index (χ2v) is 7.09. The Labute approximate surface area is 162 Å². The summed E-state index contributed by atoms with van der Waals surface area (Å²) in [5.74, 6) is 0.617. The minimum atomic E-state index is -0.139. The van der Waals surface area contributed by atoms with E-state index in [9.17, 15) is 14.4 Å². The SMILES string of the molecule is CC(=O)SCC(=O)NCCCCCC(=O)Nc1cccc(-c2cnco2)c1. The summed E-state index contributed by atoms with van der Waals surface area (Å²) in [6.07, 6.45) is 5.78. The molecule has 1 heterocycles. The van der Waals surface area contributed by atoms with Crippen LogP contribution in [0.1, 0.15) is 32.6 Å². The summed E-state index contributed by atoms with van der Waals surface area (Å²) in [4.78, 5) is 38.2. The van der Waals surface area contributed by atoms with Gasteiger partial charge in [0, 0.05) is 31.1 Å². The molecule has 0 bridgehead atoms. The van der Waals surface area contributed by atoms with Gasteiger partial charge < -0.3 is 15.1 Å². The van der Waals surface area contributed by atoms with Gasteiger partial charge in [0.25, 0.3) is 0 Å². The van der Waals surface area contributed by atoms with E-state index in [4.69, 9.17) is 4.42 Å². The molecule has 0 aliphatic heterocycles. The van der Waals surface area contributed by atoms with Crippen molar-refractivity contribution >= 4 is 34.4 Å². The van der Waals surface area contributed by atoms with Gasteiger partial charge in [0.2, 0.25) is 11.8 Å². The van der Waals surface area contributed by atoms with E-state index in [2.05, 4.69) is 15.6 Å². The van der Waals surface area contributed by atoms with Gasteiger partial charge in [-0.05, 0) is 25.0 Å². The topological polar surface area (TPSA) is 101 Å². The number of thioether (sulfide) groups is 1. The van der Waals surface area contributed by atoms with Crippen LogP contribution in [-0.4, -0.2) is 34.2 Å². The second kappa shape index (κ2) is 11.2. The van der Waals surface area contributed by atoms with Crippen molar-refractivity contribution in [1.82, 2.24) is 10.3 Å². The predicted molar refractivity (Wildman–Crippen MR) is 105 cm³/mol. The lowest BCUT2D eigenvalue weighted by Crippen LogP contribution is -2.26. The van der Waals surface area contributed by atoms with Crippen molar-refractivity contribution < 1.29 is 18.8 Å². The number of aromatic nitrogens is 1. The van der Waals surface area contributed by atoms with Gasteiger partial charge >= 0.3 is 0 Å². The molecule has 2 rings (SSSR count). The molecule has 0 saturated carbocycles. The van der Waals surface area contributed by atoms with Crippen LogP contribution in [0.3, 0.4) is 0 Å². The maximum absolute atomic E-state index is 12.0. The van der Waals surface area contributed by atoms with Crippen molar-refractivity contribution in [3.05, 3.63) is 36.9 Å². The molecule has 0 aliphatic carbocycles. The summed E-state index contributed by atoms with van der Waals surface area (Å²) >= 11 is 0.999. The molecule has 0 radical (unpaired) electrons. The summed E-state index contributed by atoms with van der Waals surface area (Å²) in [6, 6.07) is 7.40. The Balaban J connectivity index is 1.61. The van der Waals surface area contributed by atoms with Crippen molar-refractivity contribution in [1.29, 1.82) is 0 Å². The van der Waals surface area contributed by atoms with E-state index in [0.29, 0.717) is 24.4 Å². The molecular weight excluding hydrogens is 366 g/mol. The van der Waals surface area contributed by atoms with Crippen molar-refractivity contribution in [2.45, 2.75) is 32.6 Å². The highest BCUT2D eigenvalue weighted by Crippen LogP contribution is 2.22. The second-order valence-electron chi connectivity index (χ2n) is 5.94. The summed E-state index contributed by atoms with van der Waals surface area (Å²) < 4.78 is 5.25. The number of unbranched alkanes of at least 4 members (excludes halogenated alkanes) is 2. The van der Waals surface area contributed by atoms with E-state index in [1.807, 2.05) is 24.3 Å². The Kier molecular flexibility index (Phi) is 8.57. The number of carbonyl (C=O) groups excluding carboxylic acids is 3. The van der Waals surface area contributed by atoms with Gasteiger partial charge in [-0.15, -0.1) is 0 Å². The Morgan fingerprint density at radius 2 is 2.00 bits per heavy atom. The van der Waals surface area contributed by atoms with Crippen LogP contribution in [0.4, 0.5) is 5.69 Å². The van der Waals surface area contributed by atoms with Crippen LogP contribution in [0, 0.1) is 0 Å². The van der Waals surface area contributed by atoms with Crippen LogP contribution in [-0.2, 0) is 14.4 Å². The molecule has 2 aromatic rings. The third-order valence-corrected chi connectivity index (χ3v) is 4.49. The van der Waals surface area contributed by atoms with Gasteiger partial charge in [-0.2, -0.15) is 0 Å². The van der Waals surface area contributed by atoms with Gasteiger partial charge in [0.15, 0.2) is 17.3 Å². The van der Waals surface area contributed by atoms with Crippen molar-refractivity contribution in [2.75, 3.05) is 17.6 Å². The summed E-state index contributed by atoms with van der Waals surface area (Å²) in [5.41, 5.74) is 1.56. The van der Waals surface area contributed by atoms with Crippen LogP contribution in [0.2, 0.25) is 0 Å². The molecule has 0 unspecified atom stereocenters. The van der Waals surface area contributed by atoms with Crippen molar-refractivity contribution in [3.63, 3.8) is 0 Å².